The summed E-state index contributed by atoms with van der Waals surface area (Å²) in [6.07, 6.45) is 18.7. The van der Waals surface area contributed by atoms with Crippen LogP contribution in [0.3, 0.4) is 0 Å². The summed E-state index contributed by atoms with van der Waals surface area (Å²) in [5.74, 6) is -0.816. The van der Waals surface area contributed by atoms with Crippen LogP contribution < -0.4 is 0 Å². The lowest BCUT2D eigenvalue weighted by molar-refractivity contribution is -0.148. The lowest BCUT2D eigenvalue weighted by Gasteiger charge is -2.21. The van der Waals surface area contributed by atoms with Crippen molar-refractivity contribution in [1.82, 2.24) is 9.80 Å². The number of aliphatic hydroxyl groups is 3. The van der Waals surface area contributed by atoms with Gasteiger partial charge < -0.3 is 25.3 Å². The van der Waals surface area contributed by atoms with Gasteiger partial charge in [-0.2, -0.15) is 0 Å². The lowest BCUT2D eigenvalue weighted by Crippen LogP contribution is -2.40. The van der Waals surface area contributed by atoms with E-state index in [4.69, 9.17) is 20.4 Å². The van der Waals surface area contributed by atoms with Crippen molar-refractivity contribution < 1.29 is 30.0 Å². The fourth-order valence-corrected chi connectivity index (χ4v) is 4.52. The van der Waals surface area contributed by atoms with Crippen LogP contribution in [0.1, 0.15) is 110 Å². The van der Waals surface area contributed by atoms with Gasteiger partial charge in [0.15, 0.2) is 0 Å². The van der Waals surface area contributed by atoms with E-state index in [1.54, 1.807) is 9.80 Å². The van der Waals surface area contributed by atoms with E-state index in [0.717, 1.165) is 19.3 Å². The van der Waals surface area contributed by atoms with Gasteiger partial charge >= 0.3 is 5.97 Å². The van der Waals surface area contributed by atoms with Gasteiger partial charge in [-0.3, -0.25) is 9.69 Å². The summed E-state index contributed by atoms with van der Waals surface area (Å²) in [6, 6.07) is -0.575. The number of carbonyl (C=O) groups is 2. The zero-order valence-electron chi connectivity index (χ0n) is 22.3. The maximum atomic E-state index is 12.1. The van der Waals surface area contributed by atoms with Crippen LogP contribution in [0.4, 0.5) is 0 Å². The predicted molar refractivity (Wildman–Crippen MR) is 140 cm³/mol. The van der Waals surface area contributed by atoms with Gasteiger partial charge in [-0.25, -0.2) is 4.79 Å². The van der Waals surface area contributed by atoms with Gasteiger partial charge in [-0.15, -0.1) is 0 Å². The number of nitrogens with zero attached hydrogens (tertiary/aromatic N) is 2. The number of rotatable bonds is 21. The van der Waals surface area contributed by atoms with Gasteiger partial charge in [0.2, 0.25) is 5.91 Å². The molecule has 1 fully saturated rings. The first-order chi connectivity index (χ1) is 17.0. The van der Waals surface area contributed by atoms with Crippen LogP contribution in [-0.4, -0.2) is 94.1 Å². The predicted octanol–water partition coefficient (Wildman–Crippen LogP) is 3.81. The quantitative estimate of drug-likeness (QED) is 0.176. The Hall–Kier alpha value is -1.22. The molecule has 208 valence electrons. The van der Waals surface area contributed by atoms with Crippen molar-refractivity contribution in [1.29, 1.82) is 0 Å². The molecule has 0 spiro atoms. The molecule has 0 saturated carbocycles. The van der Waals surface area contributed by atoms with Gasteiger partial charge in [-0.1, -0.05) is 84.0 Å². The highest BCUT2D eigenvalue weighted by Crippen LogP contribution is 2.20. The molecule has 0 aromatic rings. The molecule has 8 nitrogen and oxygen atoms in total. The summed E-state index contributed by atoms with van der Waals surface area (Å²) in [7, 11) is 0. The van der Waals surface area contributed by atoms with E-state index >= 15 is 0 Å². The zero-order valence-corrected chi connectivity index (χ0v) is 22.3. The van der Waals surface area contributed by atoms with Crippen molar-refractivity contribution in [3.05, 3.63) is 0 Å². The van der Waals surface area contributed by atoms with E-state index in [2.05, 4.69) is 6.92 Å². The summed E-state index contributed by atoms with van der Waals surface area (Å²) < 4.78 is 0. The highest BCUT2D eigenvalue weighted by Gasteiger charge is 2.33. The third-order valence-corrected chi connectivity index (χ3v) is 6.60. The first kappa shape index (κ1) is 33.8. The maximum absolute atomic E-state index is 12.1. The molecule has 4 N–H and O–H groups in total. The molecule has 8 heteroatoms. The molecule has 1 amide bonds. The molecule has 1 saturated heterocycles. The molecular weight excluding hydrogens is 448 g/mol. The van der Waals surface area contributed by atoms with E-state index in [1.165, 1.54) is 70.6 Å². The first-order valence-electron chi connectivity index (χ1n) is 14.1. The number of amides is 1. The second-order valence-electron chi connectivity index (χ2n) is 9.59. The number of carbonyl (C=O) groups excluding carboxylic acids is 1. The standard InChI is InChI=1S/C21H39NO3.C6H15NO3/c1-2-3-4-5-6-7-8-9-10-11-12-13-14-17-20(23)22-18-15-16-19(22)21(24)25;8-4-1-7(2-5-9)3-6-10/h19H,2-18H2,1H3,(H,24,25);8-10H,1-6H2/t19-;/m0./s1. The molecule has 0 aromatic heterocycles. The SMILES string of the molecule is CCCCCCCCCCCCCCCC(=O)N1CCC[C@H]1C(=O)O.OCCN(CCO)CCO. The number of carboxylic acid groups (broad SMARTS) is 1. The van der Waals surface area contributed by atoms with Gasteiger partial charge in [0, 0.05) is 32.6 Å². The Labute approximate surface area is 213 Å². The van der Waals surface area contributed by atoms with E-state index in [-0.39, 0.29) is 25.7 Å². The fourth-order valence-electron chi connectivity index (χ4n) is 4.52. The van der Waals surface area contributed by atoms with Gasteiger partial charge in [0.1, 0.15) is 6.04 Å². The topological polar surface area (TPSA) is 122 Å². The molecule has 1 heterocycles. The monoisotopic (exact) mass is 502 g/mol. The Kier molecular flexibility index (Phi) is 23.6. The third-order valence-electron chi connectivity index (χ3n) is 6.60. The fraction of sp³-hybridized carbons (Fsp3) is 0.926. The number of aliphatic carboxylic acids is 1. The van der Waals surface area contributed by atoms with Crippen LogP contribution in [0, 0.1) is 0 Å². The number of likely N-dealkylation sites (tertiary alicyclic amines) is 1. The van der Waals surface area contributed by atoms with E-state index in [0.29, 0.717) is 39.0 Å². The number of hydrogen-bond donors (Lipinski definition) is 4. The maximum Gasteiger partial charge on any atom is 0.326 e. The summed E-state index contributed by atoms with van der Waals surface area (Å²) in [4.78, 5) is 26.6. The number of carboxylic acids is 1. The van der Waals surface area contributed by atoms with Gasteiger partial charge in [0.05, 0.1) is 19.8 Å². The molecule has 0 aromatic carbocycles. The van der Waals surface area contributed by atoms with Crippen LogP contribution in [0.15, 0.2) is 0 Å². The molecule has 0 aliphatic carbocycles. The molecule has 1 rings (SSSR count). The van der Waals surface area contributed by atoms with E-state index in [1.807, 2.05) is 0 Å². The van der Waals surface area contributed by atoms with Crippen molar-refractivity contribution in [3.63, 3.8) is 0 Å². The number of aliphatic hydroxyl groups excluding tert-OH is 3. The van der Waals surface area contributed by atoms with Crippen molar-refractivity contribution in [2.45, 2.75) is 116 Å². The Balaban J connectivity index is 0.000000972. The normalized spacial score (nSPS) is 15.3. The Morgan fingerprint density at radius 2 is 1.17 bits per heavy atom. The van der Waals surface area contributed by atoms with Crippen LogP contribution in [0.5, 0.6) is 0 Å². The Morgan fingerprint density at radius 1 is 0.743 bits per heavy atom. The van der Waals surface area contributed by atoms with Gasteiger partial charge in [0.25, 0.3) is 0 Å². The third kappa shape index (κ3) is 18.7. The smallest absolute Gasteiger partial charge is 0.326 e. The molecule has 0 unspecified atom stereocenters. The minimum atomic E-state index is -0.851. The molecular formula is C27H54N2O6. The highest BCUT2D eigenvalue weighted by atomic mass is 16.4. The lowest BCUT2D eigenvalue weighted by atomic mass is 10.0. The summed E-state index contributed by atoms with van der Waals surface area (Å²) >= 11 is 0. The van der Waals surface area contributed by atoms with Crippen molar-refractivity contribution in [2.75, 3.05) is 46.0 Å². The molecule has 0 radical (unpaired) electrons. The first-order valence-corrected chi connectivity index (χ1v) is 14.1. The average Bonchev–Trinajstić information content (AvgIpc) is 3.34. The van der Waals surface area contributed by atoms with Crippen LogP contribution in [0.25, 0.3) is 0 Å². The molecule has 35 heavy (non-hydrogen) atoms. The average molecular weight is 503 g/mol. The highest BCUT2D eigenvalue weighted by molar-refractivity contribution is 5.84. The number of hydrogen-bond acceptors (Lipinski definition) is 6. The van der Waals surface area contributed by atoms with Gasteiger partial charge in [-0.05, 0) is 19.3 Å². The Morgan fingerprint density at radius 3 is 1.57 bits per heavy atom. The van der Waals surface area contributed by atoms with Crippen molar-refractivity contribution in [3.8, 4) is 0 Å². The number of unbranched alkanes of at least 4 members (excludes halogenated alkanes) is 12. The molecule has 1 aliphatic rings. The summed E-state index contributed by atoms with van der Waals surface area (Å²) in [6.45, 7) is 4.63. The second kappa shape index (κ2) is 24.5. The van der Waals surface area contributed by atoms with E-state index in [9.17, 15) is 9.59 Å². The minimum absolute atomic E-state index is 0.0352. The summed E-state index contributed by atoms with van der Waals surface area (Å²) in [5, 5.41) is 34.6. The summed E-state index contributed by atoms with van der Waals surface area (Å²) in [5.41, 5.74) is 0. The van der Waals surface area contributed by atoms with Crippen molar-refractivity contribution in [2.24, 2.45) is 0 Å². The van der Waals surface area contributed by atoms with E-state index < -0.39 is 12.0 Å². The second-order valence-corrected chi connectivity index (χ2v) is 9.59. The van der Waals surface area contributed by atoms with Crippen molar-refractivity contribution >= 4 is 11.9 Å². The van der Waals surface area contributed by atoms with Crippen LogP contribution in [0.2, 0.25) is 0 Å². The zero-order chi connectivity index (χ0) is 26.2. The molecule has 1 aliphatic heterocycles. The van der Waals surface area contributed by atoms with Crippen LogP contribution in [-0.2, 0) is 9.59 Å². The minimum Gasteiger partial charge on any atom is -0.480 e. The van der Waals surface area contributed by atoms with Crippen LogP contribution >= 0.6 is 0 Å². The molecule has 0 bridgehead atoms. The molecule has 1 atom stereocenters. The largest absolute Gasteiger partial charge is 0.480 e. The Bertz CT molecular complexity index is 492.